The third-order valence-electron chi connectivity index (χ3n) is 3.59. The minimum atomic E-state index is -1.06. The van der Waals surface area contributed by atoms with Crippen LogP contribution >= 0.6 is 34.8 Å². The topological polar surface area (TPSA) is 65.2 Å². The SMILES string of the molecule is CC1(C(=O)OCc2nnc(-c3ccc(Cl)cc3)o2)CC1(Cl)Cl. The first-order valence-corrected chi connectivity index (χ1v) is 7.59. The van der Waals surface area contributed by atoms with Gasteiger partial charge in [0, 0.05) is 17.0 Å². The van der Waals surface area contributed by atoms with Crippen LogP contribution in [0.5, 0.6) is 0 Å². The fourth-order valence-electron chi connectivity index (χ4n) is 1.93. The van der Waals surface area contributed by atoms with Crippen molar-refractivity contribution in [3.63, 3.8) is 0 Å². The molecule has 1 saturated carbocycles. The lowest BCUT2D eigenvalue weighted by Crippen LogP contribution is -2.21. The van der Waals surface area contributed by atoms with Gasteiger partial charge in [0.1, 0.15) is 9.75 Å². The van der Waals surface area contributed by atoms with Crippen molar-refractivity contribution in [2.45, 2.75) is 24.3 Å². The molecular formula is C14H11Cl3N2O3. The predicted molar refractivity (Wildman–Crippen MR) is 81.7 cm³/mol. The first-order chi connectivity index (χ1) is 10.3. The lowest BCUT2D eigenvalue weighted by molar-refractivity contribution is -0.151. The Balaban J connectivity index is 1.63. The van der Waals surface area contributed by atoms with Gasteiger partial charge in [0.15, 0.2) is 6.61 Å². The fraction of sp³-hybridized carbons (Fsp3) is 0.357. The number of hydrogen-bond acceptors (Lipinski definition) is 5. The number of halogens is 3. The Bertz CT molecular complexity index is 714. The number of ether oxygens (including phenoxy) is 1. The molecule has 1 aromatic carbocycles. The number of nitrogens with zero attached hydrogens (tertiary/aromatic N) is 2. The Kier molecular flexibility index (Phi) is 3.83. The summed E-state index contributed by atoms with van der Waals surface area (Å²) in [4.78, 5) is 11.9. The van der Waals surface area contributed by atoms with Gasteiger partial charge in [-0.1, -0.05) is 11.6 Å². The van der Waals surface area contributed by atoms with Crippen molar-refractivity contribution in [2.75, 3.05) is 0 Å². The lowest BCUT2D eigenvalue weighted by atomic mass is 10.1. The molecule has 1 aliphatic rings. The highest BCUT2D eigenvalue weighted by atomic mass is 35.5. The van der Waals surface area contributed by atoms with Crippen LogP contribution in [0.1, 0.15) is 19.2 Å². The van der Waals surface area contributed by atoms with E-state index in [0.717, 1.165) is 5.56 Å². The zero-order valence-electron chi connectivity index (χ0n) is 11.5. The van der Waals surface area contributed by atoms with Gasteiger partial charge >= 0.3 is 5.97 Å². The second kappa shape index (κ2) is 5.41. The first-order valence-electron chi connectivity index (χ1n) is 6.45. The van der Waals surface area contributed by atoms with Gasteiger partial charge in [0.2, 0.25) is 5.89 Å². The summed E-state index contributed by atoms with van der Waals surface area (Å²) in [5.41, 5.74) is -0.154. The third kappa shape index (κ3) is 2.81. The summed E-state index contributed by atoms with van der Waals surface area (Å²) in [7, 11) is 0. The van der Waals surface area contributed by atoms with Crippen molar-refractivity contribution in [1.82, 2.24) is 10.2 Å². The maximum atomic E-state index is 11.9. The Morgan fingerprint density at radius 2 is 1.95 bits per heavy atom. The Labute approximate surface area is 141 Å². The molecule has 3 rings (SSSR count). The van der Waals surface area contributed by atoms with Crippen LogP contribution in [0, 0.1) is 5.41 Å². The second-order valence-electron chi connectivity index (χ2n) is 5.30. The van der Waals surface area contributed by atoms with Gasteiger partial charge in [-0.3, -0.25) is 4.79 Å². The maximum Gasteiger partial charge on any atom is 0.315 e. The Morgan fingerprint density at radius 3 is 2.55 bits per heavy atom. The summed E-state index contributed by atoms with van der Waals surface area (Å²) >= 11 is 17.7. The summed E-state index contributed by atoms with van der Waals surface area (Å²) in [6, 6.07) is 6.95. The number of carbonyl (C=O) groups is 1. The summed E-state index contributed by atoms with van der Waals surface area (Å²) in [6.45, 7) is 1.53. The van der Waals surface area contributed by atoms with Crippen molar-refractivity contribution in [3.05, 3.63) is 35.2 Å². The molecule has 0 bridgehead atoms. The van der Waals surface area contributed by atoms with Crippen LogP contribution in [0.25, 0.3) is 11.5 Å². The van der Waals surface area contributed by atoms with Gasteiger partial charge in [-0.25, -0.2) is 0 Å². The molecule has 1 heterocycles. The van der Waals surface area contributed by atoms with Crippen molar-refractivity contribution >= 4 is 40.8 Å². The minimum absolute atomic E-state index is 0.126. The monoisotopic (exact) mass is 360 g/mol. The van der Waals surface area contributed by atoms with Crippen molar-refractivity contribution in [3.8, 4) is 11.5 Å². The summed E-state index contributed by atoms with van der Waals surface area (Å²) in [5, 5.41) is 8.34. The van der Waals surface area contributed by atoms with Gasteiger partial charge in [-0.15, -0.1) is 33.4 Å². The number of carbonyl (C=O) groups excluding carboxylic acids is 1. The molecule has 0 radical (unpaired) electrons. The highest BCUT2D eigenvalue weighted by molar-refractivity contribution is 6.53. The standard InChI is InChI=1S/C14H11Cl3N2O3/c1-13(7-14(13,16)17)12(20)21-6-10-18-19-11(22-10)8-2-4-9(15)5-3-8/h2-5H,6-7H2,1H3. The van der Waals surface area contributed by atoms with Gasteiger partial charge in [0.05, 0.1) is 0 Å². The van der Waals surface area contributed by atoms with Crippen LogP contribution in [-0.4, -0.2) is 20.5 Å². The molecule has 1 atom stereocenters. The van der Waals surface area contributed by atoms with Crippen LogP contribution in [0.4, 0.5) is 0 Å². The largest absolute Gasteiger partial charge is 0.455 e. The summed E-state index contributed by atoms with van der Waals surface area (Å²) < 4.78 is 9.51. The molecule has 1 aliphatic carbocycles. The van der Waals surface area contributed by atoms with E-state index >= 15 is 0 Å². The average Bonchev–Trinajstić information content (AvgIpc) is 2.84. The molecule has 1 fully saturated rings. The zero-order chi connectivity index (χ0) is 16.0. The van der Waals surface area contributed by atoms with Crippen molar-refractivity contribution in [2.24, 2.45) is 5.41 Å². The third-order valence-corrected chi connectivity index (χ3v) is 4.95. The van der Waals surface area contributed by atoms with Crippen molar-refractivity contribution < 1.29 is 13.9 Å². The quantitative estimate of drug-likeness (QED) is 0.608. The van der Waals surface area contributed by atoms with E-state index in [4.69, 9.17) is 44.0 Å². The highest BCUT2D eigenvalue weighted by Crippen LogP contribution is 2.64. The van der Waals surface area contributed by atoms with E-state index in [1.807, 2.05) is 0 Å². The average molecular weight is 362 g/mol. The molecule has 5 nitrogen and oxygen atoms in total. The van der Waals surface area contributed by atoms with E-state index < -0.39 is 15.7 Å². The van der Waals surface area contributed by atoms with Crippen molar-refractivity contribution in [1.29, 1.82) is 0 Å². The van der Waals surface area contributed by atoms with Crippen LogP contribution < -0.4 is 0 Å². The first kappa shape index (κ1) is 15.6. The van der Waals surface area contributed by atoms with E-state index in [2.05, 4.69) is 10.2 Å². The fourth-order valence-corrected chi connectivity index (χ4v) is 2.74. The highest BCUT2D eigenvalue weighted by Gasteiger charge is 2.69. The summed E-state index contributed by atoms with van der Waals surface area (Å²) in [5.74, 6) is 0.0328. The van der Waals surface area contributed by atoms with Crippen LogP contribution in [-0.2, 0) is 16.1 Å². The van der Waals surface area contributed by atoms with E-state index in [9.17, 15) is 4.79 Å². The molecule has 22 heavy (non-hydrogen) atoms. The van der Waals surface area contributed by atoms with E-state index in [1.54, 1.807) is 31.2 Å². The molecule has 8 heteroatoms. The lowest BCUT2D eigenvalue weighted by Gasteiger charge is -2.09. The summed E-state index contributed by atoms with van der Waals surface area (Å²) in [6.07, 6.45) is 0.363. The number of rotatable bonds is 4. The van der Waals surface area contributed by atoms with Crippen LogP contribution in [0.2, 0.25) is 5.02 Å². The molecule has 2 aromatic rings. The van der Waals surface area contributed by atoms with E-state index in [-0.39, 0.29) is 12.5 Å². The minimum Gasteiger partial charge on any atom is -0.455 e. The molecule has 1 unspecified atom stereocenters. The molecule has 0 spiro atoms. The number of hydrogen-bond donors (Lipinski definition) is 0. The Hall–Kier alpha value is -1.30. The van der Waals surface area contributed by atoms with Crippen LogP contribution in [0.3, 0.4) is 0 Å². The van der Waals surface area contributed by atoms with Crippen LogP contribution in [0.15, 0.2) is 28.7 Å². The molecular weight excluding hydrogens is 351 g/mol. The van der Waals surface area contributed by atoms with E-state index in [1.165, 1.54) is 0 Å². The maximum absolute atomic E-state index is 11.9. The smallest absolute Gasteiger partial charge is 0.315 e. The number of alkyl halides is 2. The molecule has 1 aromatic heterocycles. The zero-order valence-corrected chi connectivity index (χ0v) is 13.7. The molecule has 0 N–H and O–H groups in total. The number of esters is 1. The molecule has 0 saturated heterocycles. The predicted octanol–water partition coefficient (Wildman–Crippen LogP) is 4.02. The molecule has 116 valence electrons. The Morgan fingerprint density at radius 1 is 1.32 bits per heavy atom. The molecule has 0 aliphatic heterocycles. The number of benzene rings is 1. The van der Waals surface area contributed by atoms with Gasteiger partial charge in [-0.05, 0) is 31.2 Å². The van der Waals surface area contributed by atoms with E-state index in [0.29, 0.717) is 17.3 Å². The normalized spacial score (nSPS) is 22.4. The number of aromatic nitrogens is 2. The van der Waals surface area contributed by atoms with Gasteiger partial charge in [0.25, 0.3) is 5.89 Å². The van der Waals surface area contributed by atoms with Gasteiger partial charge < -0.3 is 9.15 Å². The second-order valence-corrected chi connectivity index (χ2v) is 7.22. The van der Waals surface area contributed by atoms with Gasteiger partial charge in [-0.2, -0.15) is 0 Å². The molecule has 0 amide bonds.